The lowest BCUT2D eigenvalue weighted by Gasteiger charge is -2.04. The van der Waals surface area contributed by atoms with E-state index in [9.17, 15) is 4.79 Å². The van der Waals surface area contributed by atoms with Gasteiger partial charge in [-0.25, -0.2) is 4.98 Å². The smallest absolute Gasteiger partial charge is 0.310 e. The van der Waals surface area contributed by atoms with Gasteiger partial charge in [-0.1, -0.05) is 6.07 Å². The van der Waals surface area contributed by atoms with Gasteiger partial charge in [-0.3, -0.25) is 4.79 Å². The lowest BCUT2D eigenvalue weighted by Crippen LogP contribution is -2.06. The third kappa shape index (κ3) is 1.99. The highest BCUT2D eigenvalue weighted by Gasteiger charge is 2.16. The number of benzene rings is 1. The highest BCUT2D eigenvalue weighted by molar-refractivity contribution is 5.80. The first kappa shape index (κ1) is 11.5. The molecule has 1 unspecified atom stereocenters. The standard InChI is InChI=1S/C14H11NO4/c1-8(14(16)17)9-4-5-11-10(7-9)15-13(19-11)12-3-2-6-18-12/h2-8H,1H3,(H,16,17). The van der Waals surface area contributed by atoms with E-state index in [2.05, 4.69) is 4.98 Å². The number of rotatable bonds is 3. The summed E-state index contributed by atoms with van der Waals surface area (Å²) in [4.78, 5) is 15.3. The Balaban J connectivity index is 2.07. The number of carboxylic acid groups (broad SMARTS) is 1. The van der Waals surface area contributed by atoms with Crippen LogP contribution in [0.15, 0.2) is 45.4 Å². The summed E-state index contributed by atoms with van der Waals surface area (Å²) in [6, 6.07) is 8.69. The normalized spacial score (nSPS) is 12.7. The molecular weight excluding hydrogens is 246 g/mol. The fraction of sp³-hybridized carbons (Fsp3) is 0.143. The van der Waals surface area contributed by atoms with Crippen molar-refractivity contribution >= 4 is 17.1 Å². The summed E-state index contributed by atoms with van der Waals surface area (Å²) in [6.45, 7) is 1.64. The van der Waals surface area contributed by atoms with Gasteiger partial charge in [0.05, 0.1) is 12.2 Å². The van der Waals surface area contributed by atoms with Crippen molar-refractivity contribution in [3.8, 4) is 11.7 Å². The fourth-order valence-corrected chi connectivity index (χ4v) is 1.86. The molecule has 0 bridgehead atoms. The van der Waals surface area contributed by atoms with Crippen molar-refractivity contribution in [1.82, 2.24) is 4.98 Å². The number of carbonyl (C=O) groups is 1. The molecule has 1 atom stereocenters. The summed E-state index contributed by atoms with van der Waals surface area (Å²) in [7, 11) is 0. The van der Waals surface area contributed by atoms with Crippen molar-refractivity contribution in [3.05, 3.63) is 42.2 Å². The molecule has 0 amide bonds. The van der Waals surface area contributed by atoms with Crippen LogP contribution in [0.5, 0.6) is 0 Å². The second-order valence-corrected chi connectivity index (χ2v) is 4.28. The van der Waals surface area contributed by atoms with Crippen LogP contribution in [0, 0.1) is 0 Å². The van der Waals surface area contributed by atoms with Crippen LogP contribution in [0.2, 0.25) is 0 Å². The number of furan rings is 1. The molecule has 0 radical (unpaired) electrons. The Labute approximate surface area is 108 Å². The van der Waals surface area contributed by atoms with Crippen molar-refractivity contribution in [2.45, 2.75) is 12.8 Å². The Hall–Kier alpha value is -2.56. The van der Waals surface area contributed by atoms with E-state index in [4.69, 9.17) is 13.9 Å². The molecule has 0 spiro atoms. The third-order valence-corrected chi connectivity index (χ3v) is 3.01. The lowest BCUT2D eigenvalue weighted by molar-refractivity contribution is -0.138. The van der Waals surface area contributed by atoms with Gasteiger partial charge in [-0.05, 0) is 36.8 Å². The first-order valence-corrected chi connectivity index (χ1v) is 5.82. The van der Waals surface area contributed by atoms with Crippen LogP contribution in [0.25, 0.3) is 22.8 Å². The van der Waals surface area contributed by atoms with Crippen LogP contribution in [0.1, 0.15) is 18.4 Å². The molecule has 3 aromatic rings. The SMILES string of the molecule is CC(C(=O)O)c1ccc2oc(-c3ccco3)nc2c1. The van der Waals surface area contributed by atoms with Crippen molar-refractivity contribution < 1.29 is 18.7 Å². The van der Waals surface area contributed by atoms with E-state index in [1.54, 1.807) is 43.5 Å². The molecule has 3 rings (SSSR count). The minimum absolute atomic E-state index is 0.389. The molecule has 0 aliphatic carbocycles. The number of aliphatic carboxylic acids is 1. The molecule has 5 heteroatoms. The summed E-state index contributed by atoms with van der Waals surface area (Å²) in [6.07, 6.45) is 1.54. The topological polar surface area (TPSA) is 76.5 Å². The summed E-state index contributed by atoms with van der Waals surface area (Å²) < 4.78 is 10.8. The van der Waals surface area contributed by atoms with Gasteiger partial charge >= 0.3 is 5.97 Å². The van der Waals surface area contributed by atoms with Gasteiger partial charge in [0.1, 0.15) is 5.52 Å². The first-order chi connectivity index (χ1) is 9.15. The van der Waals surface area contributed by atoms with Crippen LogP contribution in [0.4, 0.5) is 0 Å². The minimum atomic E-state index is -0.867. The van der Waals surface area contributed by atoms with E-state index >= 15 is 0 Å². The van der Waals surface area contributed by atoms with Crippen LogP contribution < -0.4 is 0 Å². The number of hydrogen-bond acceptors (Lipinski definition) is 4. The van der Waals surface area contributed by atoms with E-state index in [1.807, 2.05) is 0 Å². The molecule has 19 heavy (non-hydrogen) atoms. The molecule has 96 valence electrons. The number of oxazole rings is 1. The number of aromatic nitrogens is 1. The predicted molar refractivity (Wildman–Crippen MR) is 67.8 cm³/mol. The summed E-state index contributed by atoms with van der Waals surface area (Å²) in [5.74, 6) is -0.508. The van der Waals surface area contributed by atoms with E-state index in [-0.39, 0.29) is 0 Å². The zero-order valence-electron chi connectivity index (χ0n) is 10.2. The Bertz CT molecular complexity index is 727. The van der Waals surface area contributed by atoms with Gasteiger partial charge < -0.3 is 13.9 Å². The summed E-state index contributed by atoms with van der Waals surface area (Å²) in [5.41, 5.74) is 1.92. The van der Waals surface area contributed by atoms with E-state index < -0.39 is 11.9 Å². The Kier molecular flexibility index (Phi) is 2.59. The average molecular weight is 257 g/mol. The zero-order chi connectivity index (χ0) is 13.4. The van der Waals surface area contributed by atoms with Gasteiger partial charge in [0.15, 0.2) is 11.3 Å². The van der Waals surface area contributed by atoms with Crippen LogP contribution in [-0.2, 0) is 4.79 Å². The van der Waals surface area contributed by atoms with E-state index in [1.165, 1.54) is 0 Å². The summed E-state index contributed by atoms with van der Waals surface area (Å²) in [5, 5.41) is 9.00. The Morgan fingerprint density at radius 1 is 1.37 bits per heavy atom. The van der Waals surface area contributed by atoms with Crippen molar-refractivity contribution in [3.63, 3.8) is 0 Å². The second kappa shape index (κ2) is 4.28. The largest absolute Gasteiger partial charge is 0.481 e. The van der Waals surface area contributed by atoms with Crippen molar-refractivity contribution in [1.29, 1.82) is 0 Å². The third-order valence-electron chi connectivity index (χ3n) is 3.01. The van der Waals surface area contributed by atoms with Crippen molar-refractivity contribution in [2.75, 3.05) is 0 Å². The molecule has 0 aliphatic rings. The molecule has 0 aliphatic heterocycles. The first-order valence-electron chi connectivity index (χ1n) is 5.82. The fourth-order valence-electron chi connectivity index (χ4n) is 1.86. The maximum Gasteiger partial charge on any atom is 0.310 e. The van der Waals surface area contributed by atoms with E-state index in [0.29, 0.717) is 28.3 Å². The maximum atomic E-state index is 11.0. The highest BCUT2D eigenvalue weighted by Crippen LogP contribution is 2.27. The Morgan fingerprint density at radius 3 is 2.89 bits per heavy atom. The molecule has 0 fully saturated rings. The van der Waals surface area contributed by atoms with E-state index in [0.717, 1.165) is 0 Å². The van der Waals surface area contributed by atoms with Gasteiger partial charge in [-0.15, -0.1) is 0 Å². The molecule has 1 aromatic carbocycles. The lowest BCUT2D eigenvalue weighted by atomic mass is 10.0. The highest BCUT2D eigenvalue weighted by atomic mass is 16.4. The van der Waals surface area contributed by atoms with Gasteiger partial charge in [0, 0.05) is 0 Å². The second-order valence-electron chi connectivity index (χ2n) is 4.28. The van der Waals surface area contributed by atoms with Gasteiger partial charge in [0.25, 0.3) is 5.89 Å². The number of nitrogens with zero attached hydrogens (tertiary/aromatic N) is 1. The zero-order valence-corrected chi connectivity index (χ0v) is 10.2. The molecule has 0 saturated heterocycles. The van der Waals surface area contributed by atoms with Crippen LogP contribution in [-0.4, -0.2) is 16.1 Å². The molecule has 1 N–H and O–H groups in total. The maximum absolute atomic E-state index is 11.0. The minimum Gasteiger partial charge on any atom is -0.481 e. The molecule has 0 saturated carbocycles. The Morgan fingerprint density at radius 2 is 2.21 bits per heavy atom. The molecule has 2 heterocycles. The van der Waals surface area contributed by atoms with Gasteiger partial charge in [0.2, 0.25) is 0 Å². The van der Waals surface area contributed by atoms with Gasteiger partial charge in [-0.2, -0.15) is 0 Å². The summed E-state index contributed by atoms with van der Waals surface area (Å²) >= 11 is 0. The average Bonchev–Trinajstić information content (AvgIpc) is 3.05. The quantitative estimate of drug-likeness (QED) is 0.779. The number of fused-ring (bicyclic) bond motifs is 1. The number of carboxylic acids is 1. The number of hydrogen-bond donors (Lipinski definition) is 1. The van der Waals surface area contributed by atoms with Crippen molar-refractivity contribution in [2.24, 2.45) is 0 Å². The van der Waals surface area contributed by atoms with Crippen LogP contribution in [0.3, 0.4) is 0 Å². The molecule has 5 nitrogen and oxygen atoms in total. The monoisotopic (exact) mass is 257 g/mol. The molecular formula is C14H11NO4. The predicted octanol–water partition coefficient (Wildman–Crippen LogP) is 3.28. The van der Waals surface area contributed by atoms with Crippen LogP contribution >= 0.6 is 0 Å². The molecule has 2 aromatic heterocycles.